The zero-order valence-electron chi connectivity index (χ0n) is 8.73. The molecule has 2 heterocycles. The van der Waals surface area contributed by atoms with Crippen LogP contribution in [-0.2, 0) is 22.5 Å². The number of hydrogen-bond donors (Lipinski definition) is 1. The first-order valence-electron chi connectivity index (χ1n) is 5.35. The minimum Gasteiger partial charge on any atom is -0.457 e. The molecule has 0 saturated carbocycles. The molecule has 2 aliphatic heterocycles. The van der Waals surface area contributed by atoms with Crippen molar-refractivity contribution in [1.82, 2.24) is 0 Å². The molecule has 1 atom stereocenters. The molecule has 0 bridgehead atoms. The summed E-state index contributed by atoms with van der Waals surface area (Å²) < 4.78 is 10.5. The lowest BCUT2D eigenvalue weighted by molar-refractivity contribution is 0.00284. The van der Waals surface area contributed by atoms with E-state index in [1.165, 1.54) is 0 Å². The standard InChI is InChI=1S/C12H12O4/c13-5-11-8-1-2-9-10(6-16-12(9)14)7(8)3-4-15-11/h1-2,11,13H,3-6H2/t11-/m0/s1. The van der Waals surface area contributed by atoms with Gasteiger partial charge in [-0.15, -0.1) is 0 Å². The highest BCUT2D eigenvalue weighted by Crippen LogP contribution is 2.34. The van der Waals surface area contributed by atoms with E-state index in [4.69, 9.17) is 9.47 Å². The molecule has 4 heteroatoms. The summed E-state index contributed by atoms with van der Waals surface area (Å²) in [7, 11) is 0. The minimum atomic E-state index is -0.259. The Morgan fingerprint density at radius 3 is 3.06 bits per heavy atom. The Kier molecular flexibility index (Phi) is 2.19. The van der Waals surface area contributed by atoms with Crippen molar-refractivity contribution in [3.05, 3.63) is 34.4 Å². The molecule has 84 valence electrons. The summed E-state index contributed by atoms with van der Waals surface area (Å²) in [6.07, 6.45) is 0.524. The molecule has 0 saturated heterocycles. The molecule has 1 aromatic carbocycles. The van der Waals surface area contributed by atoms with E-state index in [1.54, 1.807) is 6.07 Å². The van der Waals surface area contributed by atoms with E-state index in [9.17, 15) is 9.90 Å². The number of ether oxygens (including phenoxy) is 2. The van der Waals surface area contributed by atoms with Gasteiger partial charge in [0.15, 0.2) is 0 Å². The Hall–Kier alpha value is -1.39. The van der Waals surface area contributed by atoms with Gasteiger partial charge < -0.3 is 14.6 Å². The first-order valence-corrected chi connectivity index (χ1v) is 5.35. The maximum absolute atomic E-state index is 11.4. The lowest BCUT2D eigenvalue weighted by Gasteiger charge is -2.25. The van der Waals surface area contributed by atoms with Crippen LogP contribution in [0.1, 0.15) is 33.2 Å². The lowest BCUT2D eigenvalue weighted by Crippen LogP contribution is -2.20. The Balaban J connectivity index is 2.15. The highest BCUT2D eigenvalue weighted by atomic mass is 16.5. The second kappa shape index (κ2) is 3.57. The lowest BCUT2D eigenvalue weighted by atomic mass is 9.91. The van der Waals surface area contributed by atoms with Crippen molar-refractivity contribution in [2.24, 2.45) is 0 Å². The molecule has 0 aliphatic carbocycles. The topological polar surface area (TPSA) is 55.8 Å². The van der Waals surface area contributed by atoms with Crippen molar-refractivity contribution in [2.75, 3.05) is 13.2 Å². The quantitative estimate of drug-likeness (QED) is 0.716. The number of carbonyl (C=O) groups excluding carboxylic acids is 1. The number of carbonyl (C=O) groups is 1. The Morgan fingerprint density at radius 2 is 2.25 bits per heavy atom. The third-order valence-electron chi connectivity index (χ3n) is 3.22. The fourth-order valence-corrected chi connectivity index (χ4v) is 2.42. The molecule has 0 amide bonds. The van der Waals surface area contributed by atoms with Crippen LogP contribution in [-0.4, -0.2) is 24.3 Å². The number of esters is 1. The van der Waals surface area contributed by atoms with Gasteiger partial charge in [0.25, 0.3) is 0 Å². The molecule has 16 heavy (non-hydrogen) atoms. The normalized spacial score (nSPS) is 22.6. The molecule has 0 aromatic heterocycles. The predicted molar refractivity (Wildman–Crippen MR) is 55.0 cm³/mol. The molecule has 4 nitrogen and oxygen atoms in total. The smallest absolute Gasteiger partial charge is 0.338 e. The molecule has 0 unspecified atom stereocenters. The van der Waals surface area contributed by atoms with Crippen LogP contribution in [0, 0.1) is 0 Å². The molecule has 3 rings (SSSR count). The van der Waals surface area contributed by atoms with Crippen LogP contribution in [0.2, 0.25) is 0 Å². The summed E-state index contributed by atoms with van der Waals surface area (Å²) in [5, 5.41) is 9.22. The van der Waals surface area contributed by atoms with Gasteiger partial charge in [-0.3, -0.25) is 0 Å². The van der Waals surface area contributed by atoms with Crippen LogP contribution >= 0.6 is 0 Å². The predicted octanol–water partition coefficient (Wildman–Crippen LogP) is 0.963. The van der Waals surface area contributed by atoms with Gasteiger partial charge in [0.1, 0.15) is 12.7 Å². The van der Waals surface area contributed by atoms with Gasteiger partial charge in [-0.25, -0.2) is 4.79 Å². The molecule has 0 fully saturated rings. The number of aliphatic hydroxyl groups is 1. The highest BCUT2D eigenvalue weighted by molar-refractivity contribution is 5.94. The van der Waals surface area contributed by atoms with Crippen LogP contribution in [0.4, 0.5) is 0 Å². The first kappa shape index (κ1) is 9.81. The molecular weight excluding hydrogens is 208 g/mol. The Labute approximate surface area is 92.8 Å². The summed E-state index contributed by atoms with van der Waals surface area (Å²) in [6.45, 7) is 0.916. The van der Waals surface area contributed by atoms with E-state index in [-0.39, 0.29) is 18.7 Å². The second-order valence-electron chi connectivity index (χ2n) is 4.03. The average Bonchev–Trinajstić information content (AvgIpc) is 2.70. The summed E-state index contributed by atoms with van der Waals surface area (Å²) in [6, 6.07) is 3.63. The molecule has 0 spiro atoms. The molecule has 1 aromatic rings. The number of cyclic esters (lactones) is 1. The Bertz CT molecular complexity index is 453. The van der Waals surface area contributed by atoms with Crippen molar-refractivity contribution in [3.8, 4) is 0 Å². The third-order valence-corrected chi connectivity index (χ3v) is 3.22. The van der Waals surface area contributed by atoms with E-state index in [0.29, 0.717) is 18.8 Å². The summed E-state index contributed by atoms with van der Waals surface area (Å²) in [5.41, 5.74) is 3.75. The zero-order valence-corrected chi connectivity index (χ0v) is 8.73. The van der Waals surface area contributed by atoms with Gasteiger partial charge in [0.05, 0.1) is 18.8 Å². The maximum atomic E-state index is 11.4. The third kappa shape index (κ3) is 1.27. The van der Waals surface area contributed by atoms with E-state index >= 15 is 0 Å². The van der Waals surface area contributed by atoms with Crippen molar-refractivity contribution in [2.45, 2.75) is 19.1 Å². The van der Waals surface area contributed by atoms with E-state index in [0.717, 1.165) is 23.1 Å². The molecule has 0 radical (unpaired) electrons. The van der Waals surface area contributed by atoms with Crippen molar-refractivity contribution >= 4 is 5.97 Å². The van der Waals surface area contributed by atoms with Gasteiger partial charge >= 0.3 is 5.97 Å². The highest BCUT2D eigenvalue weighted by Gasteiger charge is 2.29. The van der Waals surface area contributed by atoms with Gasteiger partial charge in [0, 0.05) is 5.56 Å². The van der Waals surface area contributed by atoms with Crippen molar-refractivity contribution < 1.29 is 19.4 Å². The molecule has 1 N–H and O–H groups in total. The zero-order chi connectivity index (χ0) is 11.1. The fraction of sp³-hybridized carbons (Fsp3) is 0.417. The van der Waals surface area contributed by atoms with Crippen LogP contribution in [0.15, 0.2) is 12.1 Å². The van der Waals surface area contributed by atoms with Gasteiger partial charge in [-0.05, 0) is 23.6 Å². The number of hydrogen-bond acceptors (Lipinski definition) is 4. The molecule has 2 aliphatic rings. The largest absolute Gasteiger partial charge is 0.457 e. The van der Waals surface area contributed by atoms with Crippen molar-refractivity contribution in [1.29, 1.82) is 0 Å². The van der Waals surface area contributed by atoms with Gasteiger partial charge in [-0.2, -0.15) is 0 Å². The Morgan fingerprint density at radius 1 is 1.38 bits per heavy atom. The average molecular weight is 220 g/mol. The fourth-order valence-electron chi connectivity index (χ4n) is 2.42. The number of benzene rings is 1. The van der Waals surface area contributed by atoms with Crippen molar-refractivity contribution in [3.63, 3.8) is 0 Å². The number of aliphatic hydroxyl groups excluding tert-OH is 1. The van der Waals surface area contributed by atoms with Crippen LogP contribution < -0.4 is 0 Å². The number of rotatable bonds is 1. The minimum absolute atomic E-state index is 0.0272. The summed E-state index contributed by atoms with van der Waals surface area (Å²) >= 11 is 0. The number of fused-ring (bicyclic) bond motifs is 3. The monoisotopic (exact) mass is 220 g/mol. The second-order valence-corrected chi connectivity index (χ2v) is 4.03. The first-order chi connectivity index (χ1) is 7.81. The van der Waals surface area contributed by atoms with Gasteiger partial charge in [0.2, 0.25) is 0 Å². The maximum Gasteiger partial charge on any atom is 0.338 e. The van der Waals surface area contributed by atoms with Crippen LogP contribution in [0.3, 0.4) is 0 Å². The summed E-state index contributed by atoms with van der Waals surface area (Å²) in [4.78, 5) is 11.4. The molecular formula is C12H12O4. The van der Waals surface area contributed by atoms with Crippen LogP contribution in [0.25, 0.3) is 0 Å². The van der Waals surface area contributed by atoms with E-state index < -0.39 is 0 Å². The van der Waals surface area contributed by atoms with Crippen LogP contribution in [0.5, 0.6) is 0 Å². The van der Waals surface area contributed by atoms with E-state index in [2.05, 4.69) is 0 Å². The SMILES string of the molecule is O=C1OCc2c1ccc1c2CCO[C@H]1CO. The van der Waals surface area contributed by atoms with E-state index in [1.807, 2.05) is 6.07 Å². The van der Waals surface area contributed by atoms with Gasteiger partial charge in [-0.1, -0.05) is 6.07 Å². The summed E-state index contributed by atoms with van der Waals surface area (Å²) in [5.74, 6) is -0.246.